The van der Waals surface area contributed by atoms with Gasteiger partial charge in [-0.15, -0.1) is 11.8 Å². The number of nitrogens with one attached hydrogen (secondary N) is 1. The van der Waals surface area contributed by atoms with Gasteiger partial charge in [-0.1, -0.05) is 12.1 Å². The number of anilines is 1. The van der Waals surface area contributed by atoms with Crippen LogP contribution in [0, 0.1) is 15.9 Å². The fourth-order valence-electron chi connectivity index (χ4n) is 2.53. The smallest absolute Gasteiger partial charge is 0.292 e. The van der Waals surface area contributed by atoms with Crippen LogP contribution in [0.3, 0.4) is 0 Å². The average molecular weight is 344 g/mol. The van der Waals surface area contributed by atoms with Gasteiger partial charge in [-0.05, 0) is 29.8 Å². The molecular formula is C17H13FN2O3S. The summed E-state index contributed by atoms with van der Waals surface area (Å²) in [4.78, 5) is 23.5. The van der Waals surface area contributed by atoms with E-state index in [-0.39, 0.29) is 11.5 Å². The van der Waals surface area contributed by atoms with Gasteiger partial charge in [0.05, 0.1) is 9.82 Å². The summed E-state index contributed by atoms with van der Waals surface area (Å²) in [6.45, 7) is 0. The molecule has 7 heteroatoms. The Kier molecular flexibility index (Phi) is 4.35. The summed E-state index contributed by atoms with van der Waals surface area (Å²) in [6.07, 6.45) is 1.62. The molecule has 1 aliphatic rings. The van der Waals surface area contributed by atoms with Gasteiger partial charge in [-0.2, -0.15) is 0 Å². The maximum Gasteiger partial charge on any atom is 0.292 e. The minimum absolute atomic E-state index is 0.0609. The molecule has 0 saturated carbocycles. The van der Waals surface area contributed by atoms with Gasteiger partial charge in [-0.3, -0.25) is 14.9 Å². The zero-order valence-corrected chi connectivity index (χ0v) is 13.5. The van der Waals surface area contributed by atoms with Crippen LogP contribution < -0.4 is 5.32 Å². The summed E-state index contributed by atoms with van der Waals surface area (Å²) in [5.41, 5.74) is 1.72. The molecule has 0 aliphatic carbocycles. The van der Waals surface area contributed by atoms with E-state index < -0.39 is 10.7 Å². The molecule has 5 nitrogen and oxygen atoms in total. The Hall–Kier alpha value is -2.67. The number of thioether (sulfide) groups is 1. The van der Waals surface area contributed by atoms with E-state index in [4.69, 9.17) is 0 Å². The second-order valence-electron chi connectivity index (χ2n) is 5.19. The number of benzene rings is 2. The first kappa shape index (κ1) is 16.2. The zero-order chi connectivity index (χ0) is 17.3. The molecule has 0 saturated heterocycles. The van der Waals surface area contributed by atoms with Gasteiger partial charge >= 0.3 is 0 Å². The van der Waals surface area contributed by atoms with Crippen molar-refractivity contribution in [3.05, 3.63) is 69.0 Å². The molecule has 0 unspecified atom stereocenters. The third-order valence-electron chi connectivity index (χ3n) is 3.70. The van der Waals surface area contributed by atoms with E-state index in [2.05, 4.69) is 5.32 Å². The van der Waals surface area contributed by atoms with Crippen molar-refractivity contribution in [2.45, 2.75) is 4.90 Å². The molecule has 0 radical (unpaired) electrons. The number of nitro groups is 1. The number of rotatable bonds is 3. The van der Waals surface area contributed by atoms with E-state index >= 15 is 0 Å². The summed E-state index contributed by atoms with van der Waals surface area (Å²) in [5, 5.41) is 13.9. The van der Waals surface area contributed by atoms with Crippen LogP contribution in [0.15, 0.2) is 46.9 Å². The van der Waals surface area contributed by atoms with Crippen LogP contribution in [-0.4, -0.2) is 23.5 Å². The summed E-state index contributed by atoms with van der Waals surface area (Å²) in [7, 11) is 1.60. The van der Waals surface area contributed by atoms with E-state index in [9.17, 15) is 19.3 Å². The highest BCUT2D eigenvalue weighted by atomic mass is 32.2. The molecule has 0 bridgehead atoms. The van der Waals surface area contributed by atoms with Crippen molar-refractivity contribution in [2.24, 2.45) is 0 Å². The van der Waals surface area contributed by atoms with Crippen molar-refractivity contribution in [2.75, 3.05) is 18.1 Å². The second-order valence-corrected chi connectivity index (χ2v) is 6.17. The predicted molar refractivity (Wildman–Crippen MR) is 92.1 cm³/mol. The lowest BCUT2D eigenvalue weighted by atomic mass is 10.0. The van der Waals surface area contributed by atoms with E-state index in [0.29, 0.717) is 33.0 Å². The number of halogens is 1. The van der Waals surface area contributed by atoms with Crippen LogP contribution in [0.4, 0.5) is 15.8 Å². The van der Waals surface area contributed by atoms with Crippen LogP contribution >= 0.6 is 11.8 Å². The summed E-state index contributed by atoms with van der Waals surface area (Å²) in [5.74, 6) is -0.323. The van der Waals surface area contributed by atoms with Gasteiger partial charge in [0.1, 0.15) is 11.5 Å². The highest BCUT2D eigenvalue weighted by Crippen LogP contribution is 2.35. The highest BCUT2D eigenvalue weighted by Gasteiger charge is 2.25. The fraction of sp³-hybridized carbons (Fsp3) is 0.118. The number of nitro benzene ring substituents is 1. The van der Waals surface area contributed by atoms with Crippen molar-refractivity contribution >= 4 is 35.0 Å². The molecule has 1 N–H and O–H groups in total. The van der Waals surface area contributed by atoms with Crippen molar-refractivity contribution in [1.29, 1.82) is 0 Å². The largest absolute Gasteiger partial charge is 0.383 e. The van der Waals surface area contributed by atoms with Crippen LogP contribution in [0.25, 0.3) is 6.08 Å². The minimum atomic E-state index is -0.476. The lowest BCUT2D eigenvalue weighted by Crippen LogP contribution is -2.13. The minimum Gasteiger partial charge on any atom is -0.383 e. The van der Waals surface area contributed by atoms with Crippen LogP contribution in [-0.2, 0) is 0 Å². The third-order valence-corrected chi connectivity index (χ3v) is 4.86. The molecule has 0 atom stereocenters. The first-order chi connectivity index (χ1) is 11.5. The lowest BCUT2D eigenvalue weighted by molar-refractivity contribution is -0.383. The number of carbonyl (C=O) groups excluding carboxylic acids is 1. The number of Topliss-reactive ketones (excluding diaryl/α,β-unsaturated/α-hetero) is 1. The van der Waals surface area contributed by atoms with Gasteiger partial charge in [0, 0.05) is 30.0 Å². The number of fused-ring (bicyclic) bond motifs is 1. The van der Waals surface area contributed by atoms with Gasteiger partial charge in [0.25, 0.3) is 5.69 Å². The molecule has 0 fully saturated rings. The molecule has 24 heavy (non-hydrogen) atoms. The molecule has 0 aromatic heterocycles. The first-order valence-electron chi connectivity index (χ1n) is 7.14. The topological polar surface area (TPSA) is 72.2 Å². The Morgan fingerprint density at radius 2 is 2.12 bits per heavy atom. The zero-order valence-electron chi connectivity index (χ0n) is 12.7. The summed E-state index contributed by atoms with van der Waals surface area (Å²) >= 11 is 1.25. The Labute approximate surface area is 141 Å². The van der Waals surface area contributed by atoms with E-state index in [1.165, 1.54) is 30.0 Å². The molecule has 2 aromatic carbocycles. The van der Waals surface area contributed by atoms with Crippen molar-refractivity contribution in [3.63, 3.8) is 0 Å². The second kappa shape index (κ2) is 6.45. The number of carbonyl (C=O) groups is 1. The van der Waals surface area contributed by atoms with Crippen molar-refractivity contribution < 1.29 is 14.1 Å². The number of ketones is 1. The van der Waals surface area contributed by atoms with Gasteiger partial charge in [0.15, 0.2) is 5.78 Å². The first-order valence-corrected chi connectivity index (χ1v) is 8.12. The Bertz CT molecular complexity index is 880. The normalized spacial score (nSPS) is 15.2. The maximum atomic E-state index is 13.7. The number of nitrogens with zero attached hydrogens (tertiary/aromatic N) is 1. The molecule has 3 rings (SSSR count). The average Bonchev–Trinajstić information content (AvgIpc) is 2.58. The monoisotopic (exact) mass is 344 g/mol. The molecule has 1 heterocycles. The SMILES string of the molecule is CNc1ccc(/C=C2\CSc3c(F)cccc3C2=O)cc1[N+](=O)[O-]. The van der Waals surface area contributed by atoms with E-state index in [1.54, 1.807) is 31.3 Å². The molecular weight excluding hydrogens is 331 g/mol. The lowest BCUT2D eigenvalue weighted by Gasteiger charge is -2.17. The molecule has 0 amide bonds. The highest BCUT2D eigenvalue weighted by molar-refractivity contribution is 7.99. The summed E-state index contributed by atoms with van der Waals surface area (Å²) < 4.78 is 13.7. The number of hydrogen-bond donors (Lipinski definition) is 1. The standard InChI is InChI=1S/C17H13FN2O3S/c1-19-14-6-5-10(8-15(14)20(22)23)7-11-9-24-17-12(16(11)21)3-2-4-13(17)18/h2-8,19H,9H2,1H3/b11-7+. The maximum absolute atomic E-state index is 13.7. The molecule has 2 aromatic rings. The van der Waals surface area contributed by atoms with Gasteiger partial charge < -0.3 is 5.32 Å². The molecule has 1 aliphatic heterocycles. The van der Waals surface area contributed by atoms with Crippen LogP contribution in [0.1, 0.15) is 15.9 Å². The van der Waals surface area contributed by atoms with Gasteiger partial charge in [0.2, 0.25) is 0 Å². The fourth-order valence-corrected chi connectivity index (χ4v) is 3.57. The Morgan fingerprint density at radius 3 is 2.83 bits per heavy atom. The molecule has 122 valence electrons. The van der Waals surface area contributed by atoms with Gasteiger partial charge in [-0.25, -0.2) is 4.39 Å². The van der Waals surface area contributed by atoms with Crippen LogP contribution in [0.2, 0.25) is 0 Å². The third kappa shape index (κ3) is 2.90. The Morgan fingerprint density at radius 1 is 1.33 bits per heavy atom. The predicted octanol–water partition coefficient (Wildman–Crippen LogP) is 4.15. The summed E-state index contributed by atoms with van der Waals surface area (Å²) in [6, 6.07) is 9.13. The van der Waals surface area contributed by atoms with E-state index in [0.717, 1.165) is 0 Å². The number of hydrogen-bond acceptors (Lipinski definition) is 5. The van der Waals surface area contributed by atoms with E-state index in [1.807, 2.05) is 0 Å². The van der Waals surface area contributed by atoms with Crippen LogP contribution in [0.5, 0.6) is 0 Å². The molecule has 0 spiro atoms. The Balaban J connectivity index is 2.00. The van der Waals surface area contributed by atoms with Crippen molar-refractivity contribution in [1.82, 2.24) is 0 Å². The van der Waals surface area contributed by atoms with Crippen molar-refractivity contribution in [3.8, 4) is 0 Å². The quantitative estimate of drug-likeness (QED) is 0.514.